The van der Waals surface area contributed by atoms with Gasteiger partial charge in [0.05, 0.1) is 5.41 Å². The average Bonchev–Trinajstić information content (AvgIpc) is 1.86. The molecule has 0 atom stereocenters. The highest BCUT2D eigenvalue weighted by molar-refractivity contribution is 5.84. The summed E-state index contributed by atoms with van der Waals surface area (Å²) in [4.78, 5) is 20.8. The van der Waals surface area contributed by atoms with E-state index in [9.17, 15) is 9.59 Å². The van der Waals surface area contributed by atoms with Crippen molar-refractivity contribution in [2.24, 2.45) is 5.41 Å². The standard InChI is InChI=1S/C7H12O4/c1-4-7(2,3)5(8)11-6(9)10/h4H2,1-3H3,(H,9,10). The molecule has 0 bridgehead atoms. The summed E-state index contributed by atoms with van der Waals surface area (Å²) in [6.07, 6.45) is -0.990. The van der Waals surface area contributed by atoms with E-state index in [4.69, 9.17) is 5.11 Å². The predicted molar refractivity (Wildman–Crippen MR) is 38.2 cm³/mol. The van der Waals surface area contributed by atoms with Crippen molar-refractivity contribution in [2.75, 3.05) is 0 Å². The molecule has 0 aromatic heterocycles. The molecular weight excluding hydrogens is 148 g/mol. The molecule has 0 radical (unpaired) electrons. The zero-order valence-corrected chi connectivity index (χ0v) is 6.88. The number of carbonyl (C=O) groups is 2. The van der Waals surface area contributed by atoms with Gasteiger partial charge in [-0.1, -0.05) is 6.92 Å². The Hall–Kier alpha value is -1.06. The van der Waals surface area contributed by atoms with Gasteiger partial charge >= 0.3 is 12.1 Å². The molecule has 0 spiro atoms. The quantitative estimate of drug-likeness (QED) is 0.492. The smallest absolute Gasteiger partial charge is 0.449 e. The summed E-state index contributed by atoms with van der Waals surface area (Å²) in [7, 11) is 0. The molecule has 0 aromatic carbocycles. The monoisotopic (exact) mass is 160 g/mol. The zero-order valence-electron chi connectivity index (χ0n) is 6.88. The first-order chi connectivity index (χ1) is 4.90. The van der Waals surface area contributed by atoms with Crippen molar-refractivity contribution in [2.45, 2.75) is 27.2 Å². The molecule has 4 nitrogen and oxygen atoms in total. The minimum atomic E-state index is -1.54. The van der Waals surface area contributed by atoms with Crippen molar-refractivity contribution in [3.05, 3.63) is 0 Å². The molecule has 0 amide bonds. The fourth-order valence-corrected chi connectivity index (χ4v) is 0.362. The highest BCUT2D eigenvalue weighted by atomic mass is 16.7. The lowest BCUT2D eigenvalue weighted by atomic mass is 9.91. The average molecular weight is 160 g/mol. The summed E-state index contributed by atoms with van der Waals surface area (Å²) in [5, 5.41) is 8.10. The van der Waals surface area contributed by atoms with Gasteiger partial charge in [-0.3, -0.25) is 4.79 Å². The van der Waals surface area contributed by atoms with Crippen molar-refractivity contribution in [3.63, 3.8) is 0 Å². The van der Waals surface area contributed by atoms with Crippen LogP contribution in [-0.2, 0) is 9.53 Å². The molecule has 0 aliphatic carbocycles. The number of carbonyl (C=O) groups excluding carboxylic acids is 1. The first kappa shape index (κ1) is 9.94. The van der Waals surface area contributed by atoms with E-state index in [2.05, 4.69) is 4.74 Å². The first-order valence-electron chi connectivity index (χ1n) is 3.35. The molecule has 1 N–H and O–H groups in total. The van der Waals surface area contributed by atoms with Crippen LogP contribution in [-0.4, -0.2) is 17.2 Å². The Balaban J connectivity index is 4.13. The number of hydrogen-bond donors (Lipinski definition) is 1. The van der Waals surface area contributed by atoms with E-state index in [1.807, 2.05) is 0 Å². The second-order valence-corrected chi connectivity index (χ2v) is 2.89. The second kappa shape index (κ2) is 3.37. The lowest BCUT2D eigenvalue weighted by Crippen LogP contribution is -2.27. The van der Waals surface area contributed by atoms with E-state index in [1.54, 1.807) is 20.8 Å². The molecule has 0 aliphatic heterocycles. The fraction of sp³-hybridized carbons (Fsp3) is 0.714. The van der Waals surface area contributed by atoms with Gasteiger partial charge in [-0.15, -0.1) is 0 Å². The summed E-state index contributed by atoms with van der Waals surface area (Å²) < 4.78 is 3.98. The van der Waals surface area contributed by atoms with E-state index < -0.39 is 17.5 Å². The third-order valence-corrected chi connectivity index (χ3v) is 1.62. The summed E-state index contributed by atoms with van der Waals surface area (Å²) in [6, 6.07) is 0. The largest absolute Gasteiger partial charge is 0.513 e. The SMILES string of the molecule is CCC(C)(C)C(=O)OC(=O)O. The molecule has 0 aliphatic rings. The van der Waals surface area contributed by atoms with E-state index in [-0.39, 0.29) is 0 Å². The molecular formula is C7H12O4. The number of esters is 1. The predicted octanol–water partition coefficient (Wildman–Crippen LogP) is 1.64. The Morgan fingerprint density at radius 3 is 2.18 bits per heavy atom. The van der Waals surface area contributed by atoms with Crippen LogP contribution in [0.15, 0.2) is 0 Å². The summed E-state index contributed by atoms with van der Waals surface area (Å²) in [5.41, 5.74) is -0.710. The molecule has 0 aromatic rings. The Kier molecular flexibility index (Phi) is 3.04. The van der Waals surface area contributed by atoms with Gasteiger partial charge in [0, 0.05) is 0 Å². The van der Waals surface area contributed by atoms with Crippen LogP contribution in [0.5, 0.6) is 0 Å². The van der Waals surface area contributed by atoms with E-state index >= 15 is 0 Å². The normalized spacial score (nSPS) is 10.8. The maximum atomic E-state index is 10.9. The minimum Gasteiger partial charge on any atom is -0.449 e. The van der Waals surface area contributed by atoms with Gasteiger partial charge in [0.25, 0.3) is 0 Å². The van der Waals surface area contributed by atoms with Gasteiger partial charge in [-0.05, 0) is 20.3 Å². The Bertz CT molecular complexity index is 171. The highest BCUT2D eigenvalue weighted by Crippen LogP contribution is 2.21. The van der Waals surface area contributed by atoms with Gasteiger partial charge < -0.3 is 9.84 Å². The Labute approximate surface area is 65.2 Å². The van der Waals surface area contributed by atoms with Crippen molar-refractivity contribution in [3.8, 4) is 0 Å². The number of ether oxygens (including phenoxy) is 1. The molecule has 0 unspecified atom stereocenters. The summed E-state index contributed by atoms with van der Waals surface area (Å²) in [6.45, 7) is 5.07. The minimum absolute atomic E-state index is 0.555. The van der Waals surface area contributed by atoms with Crippen LogP contribution in [0.1, 0.15) is 27.2 Å². The van der Waals surface area contributed by atoms with E-state index in [0.29, 0.717) is 6.42 Å². The van der Waals surface area contributed by atoms with E-state index in [1.165, 1.54) is 0 Å². The Morgan fingerprint density at radius 1 is 1.45 bits per heavy atom. The maximum Gasteiger partial charge on any atom is 0.513 e. The number of carboxylic acid groups (broad SMARTS) is 1. The topological polar surface area (TPSA) is 63.6 Å². The maximum absolute atomic E-state index is 10.9. The molecule has 0 rings (SSSR count). The van der Waals surface area contributed by atoms with Crippen LogP contribution in [0, 0.1) is 5.41 Å². The van der Waals surface area contributed by atoms with Crippen molar-refractivity contribution < 1.29 is 19.4 Å². The number of rotatable bonds is 2. The van der Waals surface area contributed by atoms with Crippen LogP contribution in [0.3, 0.4) is 0 Å². The van der Waals surface area contributed by atoms with Crippen LogP contribution >= 0.6 is 0 Å². The number of hydrogen-bond acceptors (Lipinski definition) is 3. The van der Waals surface area contributed by atoms with Crippen LogP contribution in [0.2, 0.25) is 0 Å². The zero-order chi connectivity index (χ0) is 9.07. The molecule has 0 saturated carbocycles. The third-order valence-electron chi connectivity index (χ3n) is 1.62. The van der Waals surface area contributed by atoms with Crippen molar-refractivity contribution in [1.29, 1.82) is 0 Å². The molecule has 0 fully saturated rings. The molecule has 64 valence electrons. The van der Waals surface area contributed by atoms with Crippen LogP contribution in [0.4, 0.5) is 4.79 Å². The van der Waals surface area contributed by atoms with Crippen LogP contribution < -0.4 is 0 Å². The molecule has 11 heavy (non-hydrogen) atoms. The highest BCUT2D eigenvalue weighted by Gasteiger charge is 2.28. The third kappa shape index (κ3) is 3.02. The molecule has 0 heterocycles. The van der Waals surface area contributed by atoms with Gasteiger partial charge in [0.15, 0.2) is 0 Å². The Morgan fingerprint density at radius 2 is 1.91 bits per heavy atom. The van der Waals surface area contributed by atoms with Gasteiger partial charge in [-0.25, -0.2) is 4.79 Å². The lowest BCUT2D eigenvalue weighted by Gasteiger charge is -2.17. The first-order valence-corrected chi connectivity index (χ1v) is 3.35. The van der Waals surface area contributed by atoms with Crippen molar-refractivity contribution >= 4 is 12.1 Å². The molecule has 0 saturated heterocycles. The second-order valence-electron chi connectivity index (χ2n) is 2.89. The van der Waals surface area contributed by atoms with Gasteiger partial charge in [-0.2, -0.15) is 0 Å². The van der Waals surface area contributed by atoms with Crippen LogP contribution in [0.25, 0.3) is 0 Å². The lowest BCUT2D eigenvalue weighted by molar-refractivity contribution is -0.149. The van der Waals surface area contributed by atoms with E-state index in [0.717, 1.165) is 0 Å². The summed E-state index contributed by atoms with van der Waals surface area (Å²) >= 11 is 0. The molecule has 4 heteroatoms. The van der Waals surface area contributed by atoms with Gasteiger partial charge in [0.2, 0.25) is 0 Å². The fourth-order valence-electron chi connectivity index (χ4n) is 0.362. The summed E-state index contributed by atoms with van der Waals surface area (Å²) in [5.74, 6) is -0.701. The van der Waals surface area contributed by atoms with Gasteiger partial charge in [0.1, 0.15) is 0 Å². The van der Waals surface area contributed by atoms with Crippen molar-refractivity contribution in [1.82, 2.24) is 0 Å².